The highest BCUT2D eigenvalue weighted by molar-refractivity contribution is 7.09. The van der Waals surface area contributed by atoms with Crippen molar-refractivity contribution in [1.82, 2.24) is 4.98 Å². The molecule has 1 heterocycles. The first-order chi connectivity index (χ1) is 6.17. The van der Waals surface area contributed by atoms with Crippen LogP contribution in [0.2, 0.25) is 0 Å². The molecule has 0 spiro atoms. The minimum atomic E-state index is -2.42. The number of rotatable bonds is 1. The Kier molecular flexibility index (Phi) is 2.32. The van der Waals surface area contributed by atoms with E-state index in [-0.39, 0.29) is 18.8 Å². The second-order valence-corrected chi connectivity index (χ2v) is 4.43. The van der Waals surface area contributed by atoms with Crippen LogP contribution in [0.3, 0.4) is 0 Å². The lowest BCUT2D eigenvalue weighted by Crippen LogP contribution is -2.23. The Labute approximate surface area is 79.8 Å². The molecule has 0 unspecified atom stereocenters. The van der Waals surface area contributed by atoms with Crippen LogP contribution in [0, 0.1) is 0 Å². The van der Waals surface area contributed by atoms with Gasteiger partial charge in [-0.2, -0.15) is 0 Å². The topological polar surface area (TPSA) is 12.9 Å². The van der Waals surface area contributed by atoms with Gasteiger partial charge >= 0.3 is 0 Å². The Morgan fingerprint density at radius 2 is 2.08 bits per heavy atom. The number of nitrogens with zero attached hydrogens (tertiary/aromatic N) is 1. The molecule has 0 bridgehead atoms. The van der Waals surface area contributed by atoms with Crippen LogP contribution < -0.4 is 0 Å². The standard InChI is InChI=1S/C9H11F2NS/c10-9(11)3-1-7(2-4-9)8-12-5-6-13-8/h5-7H,1-4H2. The highest BCUT2D eigenvalue weighted by atomic mass is 32.1. The van der Waals surface area contributed by atoms with Gasteiger partial charge in [0.1, 0.15) is 0 Å². The van der Waals surface area contributed by atoms with Crippen LogP contribution in [0.1, 0.15) is 36.6 Å². The molecule has 1 fully saturated rings. The maximum atomic E-state index is 12.8. The molecule has 1 aliphatic carbocycles. The third-order valence-corrected chi connectivity index (χ3v) is 3.46. The van der Waals surface area contributed by atoms with Gasteiger partial charge in [0.2, 0.25) is 5.92 Å². The van der Waals surface area contributed by atoms with Crippen LogP contribution in [0.15, 0.2) is 11.6 Å². The molecule has 0 atom stereocenters. The van der Waals surface area contributed by atoms with Gasteiger partial charge in [0.05, 0.1) is 5.01 Å². The van der Waals surface area contributed by atoms with Crippen LogP contribution in [-0.2, 0) is 0 Å². The van der Waals surface area contributed by atoms with Crippen LogP contribution in [0.4, 0.5) is 8.78 Å². The fourth-order valence-corrected chi connectivity index (χ4v) is 2.53. The van der Waals surface area contributed by atoms with Gasteiger partial charge in [-0.3, -0.25) is 0 Å². The van der Waals surface area contributed by atoms with Gasteiger partial charge in [0, 0.05) is 30.3 Å². The van der Waals surface area contributed by atoms with Crippen molar-refractivity contribution in [2.45, 2.75) is 37.5 Å². The minimum Gasteiger partial charge on any atom is -0.249 e. The van der Waals surface area contributed by atoms with Gasteiger partial charge in [-0.05, 0) is 12.8 Å². The Bertz CT molecular complexity index is 261. The zero-order valence-electron chi connectivity index (χ0n) is 7.17. The summed E-state index contributed by atoms with van der Waals surface area (Å²) in [7, 11) is 0. The summed E-state index contributed by atoms with van der Waals surface area (Å²) in [5.41, 5.74) is 0. The number of aromatic nitrogens is 1. The maximum Gasteiger partial charge on any atom is 0.248 e. The molecule has 1 nitrogen and oxygen atoms in total. The molecule has 2 rings (SSSR count). The van der Waals surface area contributed by atoms with Gasteiger partial charge < -0.3 is 0 Å². The predicted molar refractivity (Wildman–Crippen MR) is 48.3 cm³/mol. The fraction of sp³-hybridized carbons (Fsp3) is 0.667. The van der Waals surface area contributed by atoms with E-state index in [0.717, 1.165) is 5.01 Å². The molecule has 0 aliphatic heterocycles. The lowest BCUT2D eigenvalue weighted by molar-refractivity contribution is -0.0382. The summed E-state index contributed by atoms with van der Waals surface area (Å²) in [4.78, 5) is 4.16. The van der Waals surface area contributed by atoms with E-state index in [9.17, 15) is 8.78 Å². The van der Waals surface area contributed by atoms with Gasteiger partial charge in [-0.15, -0.1) is 11.3 Å². The zero-order chi connectivity index (χ0) is 9.31. The van der Waals surface area contributed by atoms with Gasteiger partial charge in [-0.1, -0.05) is 0 Å². The summed E-state index contributed by atoms with van der Waals surface area (Å²) in [6.45, 7) is 0. The average molecular weight is 203 g/mol. The van der Waals surface area contributed by atoms with Crippen molar-refractivity contribution in [3.63, 3.8) is 0 Å². The molecule has 0 N–H and O–H groups in total. The van der Waals surface area contributed by atoms with E-state index in [2.05, 4.69) is 4.98 Å². The Morgan fingerprint density at radius 3 is 2.62 bits per heavy atom. The van der Waals surface area contributed by atoms with E-state index in [4.69, 9.17) is 0 Å². The summed E-state index contributed by atoms with van der Waals surface area (Å²) in [6, 6.07) is 0. The van der Waals surface area contributed by atoms with Crippen molar-refractivity contribution in [1.29, 1.82) is 0 Å². The Balaban J connectivity index is 1.99. The second-order valence-electron chi connectivity index (χ2n) is 3.50. The number of thiazole rings is 1. The normalized spacial score (nSPS) is 23.2. The van der Waals surface area contributed by atoms with Crippen molar-refractivity contribution < 1.29 is 8.78 Å². The molecule has 4 heteroatoms. The monoisotopic (exact) mass is 203 g/mol. The number of halogens is 2. The summed E-state index contributed by atoms with van der Waals surface area (Å²) in [6.07, 6.45) is 2.96. The predicted octanol–water partition coefficient (Wildman–Crippen LogP) is 3.44. The molecule has 13 heavy (non-hydrogen) atoms. The summed E-state index contributed by atoms with van der Waals surface area (Å²) < 4.78 is 25.6. The SMILES string of the molecule is FC1(F)CCC(c2nccs2)CC1. The summed E-state index contributed by atoms with van der Waals surface area (Å²) >= 11 is 1.57. The molecule has 1 saturated carbocycles. The summed E-state index contributed by atoms with van der Waals surface area (Å²) in [5.74, 6) is -2.15. The van der Waals surface area contributed by atoms with Crippen molar-refractivity contribution in [2.75, 3.05) is 0 Å². The zero-order valence-corrected chi connectivity index (χ0v) is 7.99. The van der Waals surface area contributed by atoms with Crippen LogP contribution >= 0.6 is 11.3 Å². The molecule has 1 aliphatic rings. The molecule has 0 radical (unpaired) electrons. The average Bonchev–Trinajstić information content (AvgIpc) is 2.56. The second kappa shape index (κ2) is 3.33. The van der Waals surface area contributed by atoms with Gasteiger partial charge in [0.25, 0.3) is 0 Å². The van der Waals surface area contributed by atoms with Crippen molar-refractivity contribution in [3.8, 4) is 0 Å². The highest BCUT2D eigenvalue weighted by Crippen LogP contribution is 2.41. The number of hydrogen-bond acceptors (Lipinski definition) is 2. The Morgan fingerprint density at radius 1 is 1.38 bits per heavy atom. The van der Waals surface area contributed by atoms with E-state index in [1.807, 2.05) is 5.38 Å². The molecular formula is C9H11F2NS. The Hall–Kier alpha value is -0.510. The van der Waals surface area contributed by atoms with Gasteiger partial charge in [-0.25, -0.2) is 13.8 Å². The largest absolute Gasteiger partial charge is 0.249 e. The first kappa shape index (κ1) is 9.06. The van der Waals surface area contributed by atoms with Gasteiger partial charge in [0.15, 0.2) is 0 Å². The minimum absolute atomic E-state index is 0.0250. The quantitative estimate of drug-likeness (QED) is 0.681. The van der Waals surface area contributed by atoms with E-state index in [1.54, 1.807) is 17.5 Å². The van der Waals surface area contributed by atoms with E-state index >= 15 is 0 Å². The highest BCUT2D eigenvalue weighted by Gasteiger charge is 2.35. The van der Waals surface area contributed by atoms with Crippen molar-refractivity contribution in [2.24, 2.45) is 0 Å². The van der Waals surface area contributed by atoms with Crippen LogP contribution in [0.25, 0.3) is 0 Å². The van der Waals surface area contributed by atoms with E-state index in [1.165, 1.54) is 0 Å². The molecule has 1 aromatic heterocycles. The molecule has 1 aromatic rings. The summed E-state index contributed by atoms with van der Waals surface area (Å²) in [5, 5.41) is 2.93. The smallest absolute Gasteiger partial charge is 0.248 e. The van der Waals surface area contributed by atoms with Crippen LogP contribution in [-0.4, -0.2) is 10.9 Å². The van der Waals surface area contributed by atoms with E-state index in [0.29, 0.717) is 12.8 Å². The van der Waals surface area contributed by atoms with Crippen molar-refractivity contribution >= 4 is 11.3 Å². The lowest BCUT2D eigenvalue weighted by Gasteiger charge is -2.26. The third kappa shape index (κ3) is 2.05. The molecular weight excluding hydrogens is 192 g/mol. The van der Waals surface area contributed by atoms with Crippen LogP contribution in [0.5, 0.6) is 0 Å². The molecule has 0 saturated heterocycles. The first-order valence-electron chi connectivity index (χ1n) is 4.45. The molecule has 0 amide bonds. The number of alkyl halides is 2. The van der Waals surface area contributed by atoms with E-state index < -0.39 is 5.92 Å². The fourth-order valence-electron chi connectivity index (χ4n) is 1.72. The van der Waals surface area contributed by atoms with Crippen molar-refractivity contribution in [3.05, 3.63) is 16.6 Å². The third-order valence-electron chi connectivity index (χ3n) is 2.52. The first-order valence-corrected chi connectivity index (χ1v) is 5.32. The number of hydrogen-bond donors (Lipinski definition) is 0. The molecule has 0 aromatic carbocycles. The maximum absolute atomic E-state index is 12.8. The molecule has 72 valence electrons. The lowest BCUT2D eigenvalue weighted by atomic mass is 9.87.